The molecule has 2 atom stereocenters. The molecule has 0 spiro atoms. The first-order valence-corrected chi connectivity index (χ1v) is 41.4. The van der Waals surface area contributed by atoms with Gasteiger partial charge in [-0.3, -0.25) is 33.5 Å². The summed E-state index contributed by atoms with van der Waals surface area (Å²) in [5.41, 5.74) is 15.0. The molecule has 4 aromatic rings. The van der Waals surface area contributed by atoms with Crippen molar-refractivity contribution in [2.24, 2.45) is 5.73 Å². The summed E-state index contributed by atoms with van der Waals surface area (Å²) in [7, 11) is 0. The van der Waals surface area contributed by atoms with Gasteiger partial charge in [0.25, 0.3) is 0 Å². The smallest absolute Gasteiger partial charge is 0.480 e. The van der Waals surface area contributed by atoms with Crippen LogP contribution >= 0.6 is 62.3 Å². The van der Waals surface area contributed by atoms with Crippen molar-refractivity contribution in [3.8, 4) is 12.1 Å². The van der Waals surface area contributed by atoms with Crippen molar-refractivity contribution in [3.63, 3.8) is 0 Å². The maximum Gasteiger partial charge on any atom is 0.490 e. The van der Waals surface area contributed by atoms with Crippen LogP contribution in [0.3, 0.4) is 0 Å². The van der Waals surface area contributed by atoms with Crippen molar-refractivity contribution in [1.82, 2.24) is 50.7 Å². The SMILES string of the molecule is CC(C)(C)OC(=O)NCC(=O)O.CC(C)(C)OC(=O)NCCC(=O)N1CCc2ccccc2C1.CCN(CC)CC.ClCCl.ClCCl.F.N#C[C@@H]1CCCN1C(=O)CBr.N#C[C@@H]1CCCN1C(=O)CNCCC(=O)N1CCc2ccccc2C1.NCCC(=O)N1CCc2ccccc2C1.O=C(O)C(F)(F)F.[HH].c1ccc2c(c1)CCNC2. The number of nitrogens with two attached hydrogens (primary N) is 1. The predicted octanol–water partition coefficient (Wildman–Crippen LogP) is 12.5. The summed E-state index contributed by atoms with van der Waals surface area (Å²) in [6, 6.07) is 37.2. The molecule has 35 heteroatoms. The first kappa shape index (κ1) is 108. The zero-order chi connectivity index (χ0) is 86.5. The second kappa shape index (κ2) is 60.4. The molecule has 2 fully saturated rings. The molecular weight excluding hydrogens is 1660 g/mol. The molecular formula is C81H120BrCl4F4N13O13. The summed E-state index contributed by atoms with van der Waals surface area (Å²) in [6.45, 7) is 29.6. The van der Waals surface area contributed by atoms with Gasteiger partial charge in [-0.25, -0.2) is 14.4 Å². The first-order chi connectivity index (χ1) is 54.5. The number of nitriles is 2. The number of amides is 7. The van der Waals surface area contributed by atoms with E-state index in [1.54, 1.807) is 30.6 Å². The van der Waals surface area contributed by atoms with E-state index in [1.165, 1.54) is 70.6 Å². The Labute approximate surface area is 710 Å². The van der Waals surface area contributed by atoms with Crippen LogP contribution in [0.1, 0.15) is 153 Å². The Hall–Kier alpha value is -8.11. The minimum absolute atomic E-state index is 0. The summed E-state index contributed by atoms with van der Waals surface area (Å²) in [5, 5.41) is 44.8. The molecule has 26 nitrogen and oxygen atoms in total. The number of hydrogen-bond donors (Lipinski definition) is 7. The van der Waals surface area contributed by atoms with Gasteiger partial charge in [-0.15, -0.1) is 46.4 Å². The topological polar surface area (TPSA) is 354 Å². The maximum absolute atomic E-state index is 12.4. The van der Waals surface area contributed by atoms with Gasteiger partial charge in [-0.1, -0.05) is 134 Å². The number of likely N-dealkylation sites (tertiary alicyclic amines) is 2. The van der Waals surface area contributed by atoms with E-state index in [-0.39, 0.29) is 65.0 Å². The second-order valence-corrected chi connectivity index (χ2v) is 30.3. The van der Waals surface area contributed by atoms with Gasteiger partial charge in [-0.05, 0) is 164 Å². The van der Waals surface area contributed by atoms with Crippen molar-refractivity contribution >= 4 is 116 Å². The number of fused-ring (bicyclic) bond motifs is 4. The van der Waals surface area contributed by atoms with E-state index in [1.807, 2.05) is 65.8 Å². The van der Waals surface area contributed by atoms with Gasteiger partial charge in [0.2, 0.25) is 29.5 Å². The zero-order valence-corrected chi connectivity index (χ0v) is 72.6. The Bertz CT molecular complexity index is 3660. The van der Waals surface area contributed by atoms with Gasteiger partial charge in [-0.2, -0.15) is 23.7 Å². The molecule has 116 heavy (non-hydrogen) atoms. The Kier molecular flexibility index (Phi) is 56.2. The molecule has 650 valence electrons. The summed E-state index contributed by atoms with van der Waals surface area (Å²) in [4.78, 5) is 112. The number of carbonyl (C=O) groups excluding carboxylic acids is 7. The van der Waals surface area contributed by atoms with Crippen molar-refractivity contribution in [2.45, 2.75) is 189 Å². The highest BCUT2D eigenvalue weighted by molar-refractivity contribution is 9.09. The Balaban J connectivity index is 0. The molecule has 6 aliphatic heterocycles. The number of ether oxygens (including phenoxy) is 2. The van der Waals surface area contributed by atoms with Gasteiger partial charge in [0.15, 0.2) is 0 Å². The zero-order valence-electron chi connectivity index (χ0n) is 68.0. The van der Waals surface area contributed by atoms with Gasteiger partial charge in [0, 0.05) is 99.2 Å². The number of rotatable bonds is 16. The van der Waals surface area contributed by atoms with Crippen LogP contribution in [-0.4, -0.2) is 230 Å². The number of nitrogens with one attached hydrogen (secondary N) is 4. The third-order valence-corrected chi connectivity index (χ3v) is 18.0. The third-order valence-electron chi connectivity index (χ3n) is 17.5. The highest BCUT2D eigenvalue weighted by atomic mass is 79.9. The van der Waals surface area contributed by atoms with Crippen LogP contribution in [0.4, 0.5) is 27.5 Å². The molecule has 6 heterocycles. The van der Waals surface area contributed by atoms with Crippen LogP contribution in [-0.2, 0) is 94.9 Å². The number of nitrogens with zero attached hydrogens (tertiary/aromatic N) is 8. The first-order valence-electron chi connectivity index (χ1n) is 38.1. The number of alkyl carbamates (subject to hydrolysis) is 2. The summed E-state index contributed by atoms with van der Waals surface area (Å²) in [6.07, 6.45) is 2.24. The minimum atomic E-state index is -5.08. The maximum atomic E-state index is 12.4. The molecule has 7 amide bonds. The highest BCUT2D eigenvalue weighted by Crippen LogP contribution is 2.23. The molecule has 0 unspecified atom stereocenters. The normalized spacial score (nSPS) is 15.1. The molecule has 0 radical (unpaired) electrons. The van der Waals surface area contributed by atoms with Gasteiger partial charge < -0.3 is 76.1 Å². The molecule has 0 saturated carbocycles. The minimum Gasteiger partial charge on any atom is -0.480 e. The van der Waals surface area contributed by atoms with Crippen molar-refractivity contribution in [2.75, 3.05) is 108 Å². The van der Waals surface area contributed by atoms with Gasteiger partial charge in [0.05, 0.1) is 34.7 Å². The number of carbonyl (C=O) groups is 9. The fraction of sp³-hybridized carbons (Fsp3) is 0.568. The molecule has 0 bridgehead atoms. The van der Waals surface area contributed by atoms with Gasteiger partial charge in [0.1, 0.15) is 29.8 Å². The predicted molar refractivity (Wildman–Crippen MR) is 450 cm³/mol. The molecule has 0 aromatic heterocycles. The number of aliphatic carboxylic acids is 2. The molecule has 4 aromatic carbocycles. The molecule has 2 saturated heterocycles. The van der Waals surface area contributed by atoms with Crippen LogP contribution in [0.2, 0.25) is 0 Å². The number of hydrogen-bond acceptors (Lipinski definition) is 17. The number of halogens is 9. The lowest BCUT2D eigenvalue weighted by Crippen LogP contribution is -2.42. The van der Waals surface area contributed by atoms with Gasteiger partial charge >= 0.3 is 30.3 Å². The van der Waals surface area contributed by atoms with E-state index < -0.39 is 48.0 Å². The lowest BCUT2D eigenvalue weighted by Gasteiger charge is -2.29. The molecule has 8 N–H and O–H groups in total. The molecule has 10 rings (SSSR count). The van der Waals surface area contributed by atoms with Crippen LogP contribution in [0.5, 0.6) is 0 Å². The average Bonchev–Trinajstić information content (AvgIpc) is 1.59. The summed E-state index contributed by atoms with van der Waals surface area (Å²) in [5.74, 6) is -3.53. The fourth-order valence-corrected chi connectivity index (χ4v) is 12.2. The van der Waals surface area contributed by atoms with Crippen LogP contribution in [0.25, 0.3) is 0 Å². The third kappa shape index (κ3) is 46.1. The second-order valence-electron chi connectivity index (χ2n) is 28.1. The van der Waals surface area contributed by atoms with E-state index in [2.05, 4.69) is 142 Å². The Morgan fingerprint density at radius 3 is 1.22 bits per heavy atom. The van der Waals surface area contributed by atoms with E-state index in [9.17, 15) is 51.5 Å². The van der Waals surface area contributed by atoms with E-state index in [4.69, 9.17) is 87.1 Å². The average molecular weight is 1780 g/mol. The highest BCUT2D eigenvalue weighted by Gasteiger charge is 2.38. The Morgan fingerprint density at radius 1 is 0.552 bits per heavy atom. The Morgan fingerprint density at radius 2 is 0.897 bits per heavy atom. The monoisotopic (exact) mass is 1780 g/mol. The largest absolute Gasteiger partial charge is 0.490 e. The lowest BCUT2D eigenvalue weighted by atomic mass is 10.00. The lowest BCUT2D eigenvalue weighted by molar-refractivity contribution is -0.192. The number of benzene rings is 4. The standard InChI is InChI=1S/C19H24N4O2.C17H24N2O3.C12H16N2O.C9H11N.C7H9BrN2O.C7H13NO4.C6H15N.C2HF3O2.2CH2Cl2.FH.H2/c20-12-17-6-3-10-23(17)19(25)13-21-9-7-18(24)22-11-8-15-4-1-2-5-16(15)14-22;1-17(2,3)22-16(21)18-10-8-15(20)19-11-9-13-6-4-5-7-14(13)12-19;13-7-5-12(15)14-8-6-10-3-1-2-4-11(10)9-14;1-2-4-9-7-10-6-5-8(9)3-1;8-4-7(11)10-3-1-2-6(10)5-9;1-7(2,3)12-6(11)8-4-5(9)10;1-4-7(5-2)6-3;3-2(4,5)1(6)7;2*2-1-3;;/h1-2,4-5,17,21H,3,6-11,13-14H2;4-7H,8-12H2,1-3H3,(H,18,21);1-4H,5-9,13H2;1-4,10H,5-7H2;6H,1-4H2;4H2,1-3H3,(H,8,11)(H,9,10);4-6H2,1-3H3;(H,6,7);2*1H2;2*1H/t17-;;;;6-;;;;;;;/m0...0......./s1. The van der Waals surface area contributed by atoms with Crippen LogP contribution in [0, 0.1) is 22.7 Å². The number of carboxylic acids is 2. The fourth-order valence-electron chi connectivity index (χ4n) is 11.8. The quantitative estimate of drug-likeness (QED) is 0.0311. The van der Waals surface area contributed by atoms with Crippen molar-refractivity contribution in [3.05, 3.63) is 142 Å². The summed E-state index contributed by atoms with van der Waals surface area (Å²) >= 11 is 22.1. The van der Waals surface area contributed by atoms with Crippen LogP contribution < -0.4 is 27.0 Å². The van der Waals surface area contributed by atoms with Crippen molar-refractivity contribution < 1.29 is 82.1 Å². The molecule has 6 aliphatic rings. The van der Waals surface area contributed by atoms with E-state index in [0.717, 1.165) is 90.8 Å². The summed E-state index contributed by atoms with van der Waals surface area (Å²) < 4.78 is 41.6. The van der Waals surface area contributed by atoms with Crippen molar-refractivity contribution in [1.29, 1.82) is 10.5 Å². The molecule has 0 aliphatic carbocycles. The number of alkyl halides is 8. The van der Waals surface area contributed by atoms with Crippen LogP contribution in [0.15, 0.2) is 97.1 Å². The van der Waals surface area contributed by atoms with E-state index in [0.29, 0.717) is 63.9 Å². The van der Waals surface area contributed by atoms with E-state index >= 15 is 0 Å². The number of carboxylic acid groups (broad SMARTS) is 2.